The van der Waals surface area contributed by atoms with Crippen molar-refractivity contribution in [1.29, 1.82) is 21.0 Å². The van der Waals surface area contributed by atoms with Crippen LogP contribution in [0.3, 0.4) is 0 Å². The lowest BCUT2D eigenvalue weighted by Gasteiger charge is -2.24. The first-order valence-electron chi connectivity index (χ1n) is 21.0. The van der Waals surface area contributed by atoms with Crippen molar-refractivity contribution in [3.8, 4) is 46.5 Å². The molecule has 0 amide bonds. The van der Waals surface area contributed by atoms with Gasteiger partial charge in [-0.2, -0.15) is 21.0 Å². The zero-order valence-electron chi connectivity index (χ0n) is 37.9. The van der Waals surface area contributed by atoms with E-state index in [1.165, 1.54) is 22.3 Å². The number of rotatable bonds is 2. The number of aromatic amines is 4. The summed E-state index contributed by atoms with van der Waals surface area (Å²) in [6.45, 7) is 26.4. The number of hydrogen-bond donors (Lipinski definition) is 4. The lowest BCUT2D eigenvalue weighted by atomic mass is 9.79. The quantitative estimate of drug-likeness (QED) is 0.128. The van der Waals surface area contributed by atoms with Crippen molar-refractivity contribution in [2.24, 2.45) is 0 Å². The van der Waals surface area contributed by atoms with Crippen molar-refractivity contribution in [3.05, 3.63) is 118 Å². The fraction of sp³-hybridized carbons (Fsp3) is 0.296. The number of aromatic nitrogens is 4. The Kier molecular flexibility index (Phi) is 10.6. The Morgan fingerprint density at radius 3 is 0.790 bits per heavy atom. The predicted molar refractivity (Wildman–Crippen MR) is 255 cm³/mol. The minimum absolute atomic E-state index is 0.0369. The topological polar surface area (TPSA) is 158 Å². The molecular weight excluding hydrogens is 761 g/mol. The molecule has 0 aliphatic heterocycles. The van der Waals surface area contributed by atoms with Crippen LogP contribution in [0.5, 0.6) is 0 Å². The molecule has 308 valence electrons. The Morgan fingerprint density at radius 1 is 0.371 bits per heavy atom. The lowest BCUT2D eigenvalue weighted by molar-refractivity contribution is 0.568. The maximum atomic E-state index is 10.5. The van der Waals surface area contributed by atoms with Crippen molar-refractivity contribution in [1.82, 2.24) is 19.9 Å². The van der Waals surface area contributed by atoms with E-state index < -0.39 is 0 Å². The monoisotopic (exact) mass is 814 g/mol. The number of hydrogen-bond acceptors (Lipinski definition) is 4. The van der Waals surface area contributed by atoms with E-state index in [1.54, 1.807) is 0 Å². The van der Waals surface area contributed by atoms with E-state index >= 15 is 0 Å². The van der Waals surface area contributed by atoms with Gasteiger partial charge in [-0.25, -0.2) is 0 Å². The van der Waals surface area contributed by atoms with Gasteiger partial charge < -0.3 is 19.9 Å². The molecule has 5 aromatic heterocycles. The van der Waals surface area contributed by atoms with Crippen LogP contribution in [0.1, 0.15) is 105 Å². The molecule has 0 aliphatic rings. The van der Waals surface area contributed by atoms with E-state index in [2.05, 4.69) is 164 Å². The van der Waals surface area contributed by atoms with Crippen LogP contribution in [0.4, 0.5) is 0 Å². The summed E-state index contributed by atoms with van der Waals surface area (Å²) < 4.78 is 0. The normalized spacial score (nSPS) is 12.1. The molecule has 0 unspecified atom stereocenters. The molecule has 7 rings (SSSR count). The second kappa shape index (κ2) is 15.3. The minimum atomic E-state index is -0.166. The first-order chi connectivity index (χ1) is 29.0. The Balaban J connectivity index is 1.78. The van der Waals surface area contributed by atoms with E-state index in [0.717, 1.165) is 44.3 Å². The maximum absolute atomic E-state index is 10.5. The van der Waals surface area contributed by atoms with Gasteiger partial charge in [0.15, 0.2) is 0 Å². The SMILES string of the molecule is CC(C)(C)c1cc(-[c+]2c3ccc([nH]3)c(=C(C#N)C#N)c3ccc([nH]3)[c+](-c3cc(C(C)(C)C)cc(C(C)(C)C)c3)c3ccc([nH]3)c(=C(C#N)C#N)c3ccc2[nH]3)cc(C(C)(C)C)c1. The van der Waals surface area contributed by atoms with Gasteiger partial charge in [-0.15, -0.1) is 0 Å². The average Bonchev–Trinajstić information content (AvgIpc) is 4.04. The van der Waals surface area contributed by atoms with Crippen LogP contribution in [0.25, 0.3) is 77.5 Å². The first-order valence-corrected chi connectivity index (χ1v) is 21.0. The Morgan fingerprint density at radius 2 is 0.597 bits per heavy atom. The molecular formula is C54H54N8+2. The summed E-state index contributed by atoms with van der Waals surface area (Å²) in [6.07, 6.45) is 0. The highest BCUT2D eigenvalue weighted by Gasteiger charge is 2.27. The number of H-pyrrole nitrogens is 4. The van der Waals surface area contributed by atoms with Crippen LogP contribution in [0.15, 0.2) is 84.9 Å². The summed E-state index contributed by atoms with van der Waals surface area (Å²) in [5.41, 5.74) is 12.9. The molecule has 0 fully saturated rings. The molecule has 2 aromatic carbocycles. The molecule has 5 heterocycles. The largest absolute Gasteiger partial charge is 0.341 e. The summed E-state index contributed by atoms with van der Waals surface area (Å²) in [5, 5.41) is 42.7. The molecule has 0 spiro atoms. The summed E-state index contributed by atoms with van der Waals surface area (Å²) in [4.78, 5) is 14.6. The van der Waals surface area contributed by atoms with Gasteiger partial charge in [0.2, 0.25) is 0 Å². The standard InChI is InChI=1S/C54H54N8/c1-51(2,3)35-21-31(22-36(25-35)52(4,5)6)47-39-13-17-43(59-39)49(33(27-55)28-56)45-19-15-41(61-45)48(32-23-37(53(7,8)9)26-38(24-32)54(10,11)12)42-16-20-46(62-42)50(34(29-57)30-58)44-18-14-40(47)60-44/h13-26,59-62H,1-12H3/q+2. The number of nitriles is 4. The van der Waals surface area contributed by atoms with Crippen LogP contribution < -0.4 is 10.4 Å². The highest BCUT2D eigenvalue weighted by molar-refractivity contribution is 5.98. The third-order valence-electron chi connectivity index (χ3n) is 11.8. The average molecular weight is 815 g/mol. The number of nitrogens with one attached hydrogen (secondary N) is 4. The molecule has 8 nitrogen and oxygen atoms in total. The van der Waals surface area contributed by atoms with Crippen LogP contribution in [-0.4, -0.2) is 19.9 Å². The Bertz CT molecular complexity index is 2940. The van der Waals surface area contributed by atoms with Crippen LogP contribution >= 0.6 is 0 Å². The number of fused-ring (bicyclic) bond motifs is 8. The van der Waals surface area contributed by atoms with Crippen molar-refractivity contribution < 1.29 is 0 Å². The maximum Gasteiger partial charge on any atom is 0.141 e. The summed E-state index contributed by atoms with van der Waals surface area (Å²) in [7, 11) is 0. The van der Waals surface area contributed by atoms with Gasteiger partial charge in [-0.1, -0.05) is 83.1 Å². The molecule has 8 heteroatoms. The van der Waals surface area contributed by atoms with Gasteiger partial charge in [0.05, 0.1) is 43.6 Å². The zero-order chi connectivity index (χ0) is 45.1. The number of benzene rings is 2. The van der Waals surface area contributed by atoms with Crippen molar-refractivity contribution in [3.63, 3.8) is 0 Å². The van der Waals surface area contributed by atoms with Crippen LogP contribution in [-0.2, 0) is 21.7 Å². The molecule has 0 saturated heterocycles. The Hall–Kier alpha value is -7.26. The van der Waals surface area contributed by atoms with Gasteiger partial charge in [-0.05, 0) is 80.3 Å². The fourth-order valence-electron chi connectivity index (χ4n) is 8.04. The second-order valence-electron chi connectivity index (χ2n) is 20.4. The second-order valence-corrected chi connectivity index (χ2v) is 20.4. The zero-order valence-corrected chi connectivity index (χ0v) is 37.9. The fourth-order valence-corrected chi connectivity index (χ4v) is 8.04. The highest BCUT2D eigenvalue weighted by Crippen LogP contribution is 2.38. The van der Waals surface area contributed by atoms with E-state index in [4.69, 9.17) is 0 Å². The molecule has 0 saturated carbocycles. The molecule has 7 aromatic rings. The van der Waals surface area contributed by atoms with Gasteiger partial charge in [0.1, 0.15) is 68.6 Å². The summed E-state index contributed by atoms with van der Waals surface area (Å²) in [6, 6.07) is 37.7. The van der Waals surface area contributed by atoms with E-state index in [0.29, 0.717) is 32.5 Å². The van der Waals surface area contributed by atoms with Gasteiger partial charge in [-0.3, -0.25) is 0 Å². The first kappa shape index (κ1) is 42.8. The van der Waals surface area contributed by atoms with Crippen LogP contribution in [0, 0.1) is 45.3 Å². The lowest BCUT2D eigenvalue weighted by Crippen LogP contribution is -2.16. The Labute approximate surface area is 363 Å². The van der Waals surface area contributed by atoms with E-state index in [1.807, 2.05) is 48.5 Å². The van der Waals surface area contributed by atoms with Gasteiger partial charge >= 0.3 is 0 Å². The third kappa shape index (κ3) is 8.01. The molecule has 8 bridgehead atoms. The highest BCUT2D eigenvalue weighted by atomic mass is 14.8. The van der Waals surface area contributed by atoms with Crippen molar-refractivity contribution in [2.45, 2.75) is 105 Å². The molecule has 0 atom stereocenters. The third-order valence-corrected chi connectivity index (χ3v) is 11.8. The molecule has 62 heavy (non-hydrogen) atoms. The summed E-state index contributed by atoms with van der Waals surface area (Å²) in [5.74, 6) is 0. The predicted octanol–water partition coefficient (Wildman–Crippen LogP) is 12.2. The molecule has 4 N–H and O–H groups in total. The molecule has 0 aliphatic carbocycles. The minimum Gasteiger partial charge on any atom is -0.341 e. The van der Waals surface area contributed by atoms with Gasteiger partial charge in [0.25, 0.3) is 0 Å². The molecule has 0 radical (unpaired) electrons. The van der Waals surface area contributed by atoms with Crippen LogP contribution in [0.2, 0.25) is 0 Å². The van der Waals surface area contributed by atoms with E-state index in [-0.39, 0.29) is 32.8 Å². The van der Waals surface area contributed by atoms with Crippen molar-refractivity contribution >= 4 is 55.3 Å². The van der Waals surface area contributed by atoms with Crippen molar-refractivity contribution in [2.75, 3.05) is 0 Å². The van der Waals surface area contributed by atoms with E-state index in [9.17, 15) is 21.0 Å². The number of nitrogens with zero attached hydrogens (tertiary/aromatic N) is 4. The smallest absolute Gasteiger partial charge is 0.141 e. The van der Waals surface area contributed by atoms with Gasteiger partial charge in [0, 0.05) is 48.5 Å². The summed E-state index contributed by atoms with van der Waals surface area (Å²) >= 11 is 0.